The second-order valence-corrected chi connectivity index (χ2v) is 3.29. The lowest BCUT2D eigenvalue weighted by molar-refractivity contribution is 0.202. The molecule has 1 aromatic rings. The molecule has 0 bridgehead atoms. The molecular formula is C10H17N3O2. The SMILES string of the molecule is COCCN(CCO)c1cc(C)cnn1. The first-order valence-electron chi connectivity index (χ1n) is 4.92. The Hall–Kier alpha value is -1.20. The molecule has 84 valence electrons. The van der Waals surface area contributed by atoms with Gasteiger partial charge in [0, 0.05) is 20.2 Å². The van der Waals surface area contributed by atoms with E-state index in [0.717, 1.165) is 11.4 Å². The molecule has 1 aromatic heterocycles. The van der Waals surface area contributed by atoms with E-state index in [0.29, 0.717) is 19.7 Å². The summed E-state index contributed by atoms with van der Waals surface area (Å²) in [5, 5.41) is 16.8. The van der Waals surface area contributed by atoms with Crippen molar-refractivity contribution in [1.82, 2.24) is 10.2 Å². The molecule has 1 N–H and O–H groups in total. The van der Waals surface area contributed by atoms with Crippen molar-refractivity contribution in [3.05, 3.63) is 17.8 Å². The zero-order valence-electron chi connectivity index (χ0n) is 9.18. The lowest BCUT2D eigenvalue weighted by atomic mass is 10.3. The number of aliphatic hydroxyl groups excluding tert-OH is 1. The molecule has 0 unspecified atom stereocenters. The highest BCUT2D eigenvalue weighted by atomic mass is 16.5. The quantitative estimate of drug-likeness (QED) is 0.730. The number of aryl methyl sites for hydroxylation is 1. The topological polar surface area (TPSA) is 58.5 Å². The van der Waals surface area contributed by atoms with E-state index in [1.807, 2.05) is 17.9 Å². The van der Waals surface area contributed by atoms with Crippen LogP contribution in [-0.2, 0) is 4.74 Å². The highest BCUT2D eigenvalue weighted by Gasteiger charge is 2.07. The average Bonchev–Trinajstić information content (AvgIpc) is 2.24. The molecule has 5 nitrogen and oxygen atoms in total. The van der Waals surface area contributed by atoms with Crippen LogP contribution in [0, 0.1) is 6.92 Å². The summed E-state index contributed by atoms with van der Waals surface area (Å²) in [6.45, 7) is 3.91. The van der Waals surface area contributed by atoms with Crippen LogP contribution in [0.15, 0.2) is 12.3 Å². The van der Waals surface area contributed by atoms with E-state index in [9.17, 15) is 0 Å². The maximum absolute atomic E-state index is 8.94. The Morgan fingerprint density at radius 3 is 2.87 bits per heavy atom. The molecule has 15 heavy (non-hydrogen) atoms. The monoisotopic (exact) mass is 211 g/mol. The zero-order chi connectivity index (χ0) is 11.1. The molecule has 0 aromatic carbocycles. The Morgan fingerprint density at radius 1 is 1.47 bits per heavy atom. The zero-order valence-corrected chi connectivity index (χ0v) is 9.18. The van der Waals surface area contributed by atoms with Gasteiger partial charge in [0.15, 0.2) is 5.82 Å². The van der Waals surface area contributed by atoms with Crippen molar-refractivity contribution in [3.63, 3.8) is 0 Å². The van der Waals surface area contributed by atoms with E-state index in [1.165, 1.54) is 0 Å². The maximum Gasteiger partial charge on any atom is 0.151 e. The molecule has 1 heterocycles. The minimum Gasteiger partial charge on any atom is -0.395 e. The van der Waals surface area contributed by atoms with E-state index in [1.54, 1.807) is 13.3 Å². The van der Waals surface area contributed by atoms with E-state index in [2.05, 4.69) is 10.2 Å². The number of aliphatic hydroxyl groups is 1. The fraction of sp³-hybridized carbons (Fsp3) is 0.600. The number of hydrogen-bond donors (Lipinski definition) is 1. The Labute approximate surface area is 89.7 Å². The van der Waals surface area contributed by atoms with Crippen molar-refractivity contribution in [2.45, 2.75) is 6.92 Å². The molecule has 0 saturated carbocycles. The van der Waals surface area contributed by atoms with Gasteiger partial charge in [-0.25, -0.2) is 0 Å². The molecule has 0 fully saturated rings. The maximum atomic E-state index is 8.94. The van der Waals surface area contributed by atoms with Crippen LogP contribution in [0.1, 0.15) is 5.56 Å². The largest absolute Gasteiger partial charge is 0.395 e. The fourth-order valence-corrected chi connectivity index (χ4v) is 1.27. The fourth-order valence-electron chi connectivity index (χ4n) is 1.27. The molecule has 0 spiro atoms. The van der Waals surface area contributed by atoms with Crippen LogP contribution in [0.2, 0.25) is 0 Å². The average molecular weight is 211 g/mol. The van der Waals surface area contributed by atoms with E-state index in [4.69, 9.17) is 9.84 Å². The molecule has 0 saturated heterocycles. The normalized spacial score (nSPS) is 10.3. The van der Waals surface area contributed by atoms with Gasteiger partial charge in [0.2, 0.25) is 0 Å². The third kappa shape index (κ3) is 3.81. The van der Waals surface area contributed by atoms with Crippen LogP contribution < -0.4 is 4.90 Å². The van der Waals surface area contributed by atoms with Crippen LogP contribution in [0.4, 0.5) is 5.82 Å². The van der Waals surface area contributed by atoms with Crippen molar-refractivity contribution < 1.29 is 9.84 Å². The Bertz CT molecular complexity index is 294. The third-order valence-corrected chi connectivity index (χ3v) is 2.04. The number of nitrogens with zero attached hydrogens (tertiary/aromatic N) is 3. The molecule has 1 rings (SSSR count). The smallest absolute Gasteiger partial charge is 0.151 e. The van der Waals surface area contributed by atoms with Crippen molar-refractivity contribution in [3.8, 4) is 0 Å². The van der Waals surface area contributed by atoms with Gasteiger partial charge in [0.1, 0.15) is 0 Å². The first-order chi connectivity index (χ1) is 7.27. The predicted molar refractivity (Wildman–Crippen MR) is 57.9 cm³/mol. The van der Waals surface area contributed by atoms with Crippen LogP contribution in [-0.4, -0.2) is 48.7 Å². The standard InChI is InChI=1S/C10H17N3O2/c1-9-7-10(12-11-8-9)13(3-5-14)4-6-15-2/h7-8,14H,3-6H2,1-2H3. The number of hydrogen-bond acceptors (Lipinski definition) is 5. The highest BCUT2D eigenvalue weighted by molar-refractivity contribution is 5.38. The van der Waals surface area contributed by atoms with Gasteiger partial charge >= 0.3 is 0 Å². The lowest BCUT2D eigenvalue weighted by Gasteiger charge is -2.21. The van der Waals surface area contributed by atoms with Gasteiger partial charge in [0.25, 0.3) is 0 Å². The first kappa shape index (κ1) is 11.9. The van der Waals surface area contributed by atoms with Gasteiger partial charge in [-0.3, -0.25) is 0 Å². The summed E-state index contributed by atoms with van der Waals surface area (Å²) in [6.07, 6.45) is 1.71. The number of rotatable bonds is 6. The van der Waals surface area contributed by atoms with Crippen molar-refractivity contribution in [2.24, 2.45) is 0 Å². The molecule has 0 aliphatic heterocycles. The summed E-state index contributed by atoms with van der Waals surface area (Å²) in [5.74, 6) is 0.779. The van der Waals surface area contributed by atoms with Crippen LogP contribution in [0.25, 0.3) is 0 Å². The van der Waals surface area contributed by atoms with E-state index < -0.39 is 0 Å². The van der Waals surface area contributed by atoms with Crippen LogP contribution in [0.3, 0.4) is 0 Å². The lowest BCUT2D eigenvalue weighted by Crippen LogP contribution is -2.31. The summed E-state index contributed by atoms with van der Waals surface area (Å²) >= 11 is 0. The molecule has 0 aliphatic rings. The van der Waals surface area contributed by atoms with Gasteiger partial charge in [-0.2, -0.15) is 5.10 Å². The number of ether oxygens (including phenoxy) is 1. The molecule has 0 aliphatic carbocycles. The first-order valence-corrected chi connectivity index (χ1v) is 4.92. The number of anilines is 1. The number of aromatic nitrogens is 2. The second kappa shape index (κ2) is 6.31. The Morgan fingerprint density at radius 2 is 2.27 bits per heavy atom. The summed E-state index contributed by atoms with van der Waals surface area (Å²) in [6, 6.07) is 1.94. The molecule has 0 amide bonds. The summed E-state index contributed by atoms with van der Waals surface area (Å²) in [5.41, 5.74) is 1.06. The van der Waals surface area contributed by atoms with Crippen molar-refractivity contribution >= 4 is 5.82 Å². The molecule has 0 radical (unpaired) electrons. The second-order valence-electron chi connectivity index (χ2n) is 3.29. The van der Waals surface area contributed by atoms with Gasteiger partial charge < -0.3 is 14.7 Å². The molecule has 0 atom stereocenters. The molecule has 5 heteroatoms. The highest BCUT2D eigenvalue weighted by Crippen LogP contribution is 2.09. The third-order valence-electron chi connectivity index (χ3n) is 2.04. The van der Waals surface area contributed by atoms with Gasteiger partial charge in [-0.1, -0.05) is 0 Å². The van der Waals surface area contributed by atoms with E-state index >= 15 is 0 Å². The van der Waals surface area contributed by atoms with Crippen molar-refractivity contribution in [2.75, 3.05) is 38.3 Å². The summed E-state index contributed by atoms with van der Waals surface area (Å²) in [4.78, 5) is 1.95. The van der Waals surface area contributed by atoms with Gasteiger partial charge in [-0.15, -0.1) is 5.10 Å². The Kier molecular flexibility index (Phi) is 5.00. The van der Waals surface area contributed by atoms with E-state index in [-0.39, 0.29) is 6.61 Å². The molecular weight excluding hydrogens is 194 g/mol. The summed E-state index contributed by atoms with van der Waals surface area (Å²) < 4.78 is 5.00. The number of methoxy groups -OCH3 is 1. The predicted octanol–water partition coefficient (Wildman–Crippen LogP) is 0.230. The van der Waals surface area contributed by atoms with Gasteiger partial charge in [-0.05, 0) is 18.6 Å². The van der Waals surface area contributed by atoms with Crippen LogP contribution in [0.5, 0.6) is 0 Å². The van der Waals surface area contributed by atoms with Gasteiger partial charge in [0.05, 0.1) is 19.4 Å². The van der Waals surface area contributed by atoms with Crippen LogP contribution >= 0.6 is 0 Å². The summed E-state index contributed by atoms with van der Waals surface area (Å²) in [7, 11) is 1.65. The van der Waals surface area contributed by atoms with Crippen molar-refractivity contribution in [1.29, 1.82) is 0 Å². The minimum absolute atomic E-state index is 0.0966. The Balaban J connectivity index is 2.69. The minimum atomic E-state index is 0.0966.